The predicted molar refractivity (Wildman–Crippen MR) is 80.9 cm³/mol. The van der Waals surface area contributed by atoms with E-state index in [0.717, 1.165) is 5.56 Å². The Morgan fingerprint density at radius 2 is 1.95 bits per heavy atom. The van der Waals surface area contributed by atoms with Crippen LogP contribution in [0.2, 0.25) is 10.0 Å². The molecule has 0 fully saturated rings. The van der Waals surface area contributed by atoms with Crippen LogP contribution in [0.3, 0.4) is 0 Å². The standard InChI is InChI=1S/C14H8Cl2N2O3/c1-7-4-9-13(6-12(7)18(19)20)21-17-14(9)8-2-3-10(15)11(16)5-8/h2-6H,1H3. The smallest absolute Gasteiger partial charge is 0.276 e. The second-order valence-corrected chi connectivity index (χ2v) is 5.37. The maximum absolute atomic E-state index is 10.9. The van der Waals surface area contributed by atoms with Gasteiger partial charge in [0.25, 0.3) is 5.69 Å². The molecule has 0 unspecified atom stereocenters. The molecule has 0 saturated carbocycles. The average Bonchev–Trinajstić information content (AvgIpc) is 2.83. The van der Waals surface area contributed by atoms with Crippen molar-refractivity contribution in [3.63, 3.8) is 0 Å². The summed E-state index contributed by atoms with van der Waals surface area (Å²) in [5, 5.41) is 16.5. The van der Waals surface area contributed by atoms with Crippen LogP contribution in [0.1, 0.15) is 5.56 Å². The fourth-order valence-electron chi connectivity index (χ4n) is 2.13. The molecule has 3 aromatic rings. The van der Waals surface area contributed by atoms with E-state index in [1.165, 1.54) is 6.07 Å². The van der Waals surface area contributed by atoms with Crippen LogP contribution in [0.4, 0.5) is 5.69 Å². The molecule has 0 N–H and O–H groups in total. The summed E-state index contributed by atoms with van der Waals surface area (Å²) >= 11 is 11.9. The number of hydrogen-bond donors (Lipinski definition) is 0. The second-order valence-electron chi connectivity index (χ2n) is 4.55. The van der Waals surface area contributed by atoms with Gasteiger partial charge in [-0.25, -0.2) is 0 Å². The molecule has 0 bridgehead atoms. The molecule has 0 amide bonds. The second kappa shape index (κ2) is 5.02. The fourth-order valence-corrected chi connectivity index (χ4v) is 2.43. The zero-order chi connectivity index (χ0) is 15.1. The highest BCUT2D eigenvalue weighted by molar-refractivity contribution is 6.42. The van der Waals surface area contributed by atoms with E-state index in [0.29, 0.717) is 32.3 Å². The van der Waals surface area contributed by atoms with Crippen molar-refractivity contribution in [3.05, 3.63) is 56.1 Å². The fraction of sp³-hybridized carbons (Fsp3) is 0.0714. The molecule has 5 nitrogen and oxygen atoms in total. The minimum absolute atomic E-state index is 0.000612. The molecule has 0 radical (unpaired) electrons. The number of fused-ring (bicyclic) bond motifs is 1. The lowest BCUT2D eigenvalue weighted by Crippen LogP contribution is -1.91. The van der Waals surface area contributed by atoms with Crippen LogP contribution in [0.5, 0.6) is 0 Å². The third-order valence-electron chi connectivity index (χ3n) is 3.18. The van der Waals surface area contributed by atoms with Crippen molar-refractivity contribution in [1.29, 1.82) is 0 Å². The number of hydrogen-bond acceptors (Lipinski definition) is 4. The molecule has 106 valence electrons. The van der Waals surface area contributed by atoms with Crippen LogP contribution in [0.25, 0.3) is 22.2 Å². The predicted octanol–water partition coefficient (Wildman–Crippen LogP) is 5.02. The summed E-state index contributed by atoms with van der Waals surface area (Å²) in [6.45, 7) is 1.67. The van der Waals surface area contributed by atoms with E-state index in [9.17, 15) is 10.1 Å². The number of aryl methyl sites for hydroxylation is 1. The van der Waals surface area contributed by atoms with E-state index in [4.69, 9.17) is 27.7 Å². The van der Waals surface area contributed by atoms with Crippen molar-refractivity contribution in [2.24, 2.45) is 0 Å². The Balaban J connectivity index is 2.22. The lowest BCUT2D eigenvalue weighted by Gasteiger charge is -2.01. The summed E-state index contributed by atoms with van der Waals surface area (Å²) in [6, 6.07) is 8.17. The van der Waals surface area contributed by atoms with E-state index in [1.807, 2.05) is 0 Å². The number of nitro groups is 1. The van der Waals surface area contributed by atoms with Crippen LogP contribution < -0.4 is 0 Å². The van der Waals surface area contributed by atoms with Gasteiger partial charge in [-0.2, -0.15) is 0 Å². The molecule has 1 aromatic heterocycles. The highest BCUT2D eigenvalue weighted by atomic mass is 35.5. The van der Waals surface area contributed by atoms with Crippen molar-refractivity contribution in [3.8, 4) is 11.3 Å². The third kappa shape index (κ3) is 2.34. The molecule has 21 heavy (non-hydrogen) atoms. The molecule has 0 aliphatic rings. The average molecular weight is 323 g/mol. The van der Waals surface area contributed by atoms with Crippen LogP contribution >= 0.6 is 23.2 Å². The van der Waals surface area contributed by atoms with Gasteiger partial charge in [-0.3, -0.25) is 10.1 Å². The quantitative estimate of drug-likeness (QED) is 0.490. The van der Waals surface area contributed by atoms with Crippen molar-refractivity contribution in [2.75, 3.05) is 0 Å². The van der Waals surface area contributed by atoms with E-state index in [2.05, 4.69) is 5.16 Å². The molecule has 2 aromatic carbocycles. The first kappa shape index (κ1) is 13.9. The molecule has 0 aliphatic heterocycles. The van der Waals surface area contributed by atoms with Gasteiger partial charge in [0.05, 0.1) is 26.4 Å². The number of aromatic nitrogens is 1. The highest BCUT2D eigenvalue weighted by Gasteiger charge is 2.18. The zero-order valence-corrected chi connectivity index (χ0v) is 12.3. The minimum Gasteiger partial charge on any atom is -0.355 e. The van der Waals surface area contributed by atoms with Gasteiger partial charge in [0.15, 0.2) is 5.58 Å². The summed E-state index contributed by atoms with van der Waals surface area (Å²) < 4.78 is 5.19. The molecular weight excluding hydrogens is 315 g/mol. The molecule has 0 aliphatic carbocycles. The zero-order valence-electron chi connectivity index (χ0n) is 10.8. The Morgan fingerprint density at radius 3 is 2.62 bits per heavy atom. The Hall–Kier alpha value is -2.11. The Kier molecular flexibility index (Phi) is 3.31. The van der Waals surface area contributed by atoms with Gasteiger partial charge >= 0.3 is 0 Å². The third-order valence-corrected chi connectivity index (χ3v) is 3.92. The van der Waals surface area contributed by atoms with Crippen LogP contribution in [-0.4, -0.2) is 10.1 Å². The molecule has 1 heterocycles. The molecule has 0 atom stereocenters. The first-order valence-electron chi connectivity index (χ1n) is 5.97. The number of nitro benzene ring substituents is 1. The Bertz CT molecular complexity index is 874. The minimum atomic E-state index is -0.448. The molecular formula is C14H8Cl2N2O3. The highest BCUT2D eigenvalue weighted by Crippen LogP contribution is 2.34. The summed E-state index contributed by atoms with van der Waals surface area (Å²) in [7, 11) is 0. The van der Waals surface area contributed by atoms with Crippen molar-refractivity contribution in [2.45, 2.75) is 6.92 Å². The summed E-state index contributed by atoms with van der Waals surface area (Å²) in [4.78, 5) is 10.5. The maximum atomic E-state index is 10.9. The van der Waals surface area contributed by atoms with E-state index < -0.39 is 4.92 Å². The number of benzene rings is 2. The van der Waals surface area contributed by atoms with E-state index in [1.54, 1.807) is 31.2 Å². The summed E-state index contributed by atoms with van der Waals surface area (Å²) in [5.41, 5.74) is 2.20. The normalized spacial score (nSPS) is 11.0. The van der Waals surface area contributed by atoms with Gasteiger partial charge in [0.2, 0.25) is 0 Å². The SMILES string of the molecule is Cc1cc2c(-c3ccc(Cl)c(Cl)c3)noc2cc1[N+](=O)[O-]. The van der Waals surface area contributed by atoms with Gasteiger partial charge in [0.1, 0.15) is 5.69 Å². The van der Waals surface area contributed by atoms with Crippen LogP contribution in [-0.2, 0) is 0 Å². The first-order valence-corrected chi connectivity index (χ1v) is 6.73. The van der Waals surface area contributed by atoms with Gasteiger partial charge in [-0.15, -0.1) is 0 Å². The number of nitrogens with zero attached hydrogens (tertiary/aromatic N) is 2. The molecule has 3 rings (SSSR count). The lowest BCUT2D eigenvalue weighted by atomic mass is 10.1. The van der Waals surface area contributed by atoms with E-state index in [-0.39, 0.29) is 5.69 Å². The first-order chi connectivity index (χ1) is 9.97. The van der Waals surface area contributed by atoms with E-state index >= 15 is 0 Å². The molecule has 0 saturated heterocycles. The number of rotatable bonds is 2. The van der Waals surface area contributed by atoms with Crippen molar-refractivity contribution >= 4 is 39.9 Å². The van der Waals surface area contributed by atoms with Gasteiger partial charge < -0.3 is 4.52 Å². The summed E-state index contributed by atoms with van der Waals surface area (Å²) in [5.74, 6) is 0. The van der Waals surface area contributed by atoms with Gasteiger partial charge in [-0.05, 0) is 25.1 Å². The topological polar surface area (TPSA) is 69.2 Å². The van der Waals surface area contributed by atoms with Gasteiger partial charge in [0, 0.05) is 11.1 Å². The lowest BCUT2D eigenvalue weighted by molar-refractivity contribution is -0.385. The maximum Gasteiger partial charge on any atom is 0.276 e. The Labute approximate surface area is 129 Å². The molecule has 7 heteroatoms. The van der Waals surface area contributed by atoms with Crippen molar-refractivity contribution < 1.29 is 9.45 Å². The van der Waals surface area contributed by atoms with Gasteiger partial charge in [-0.1, -0.05) is 34.4 Å². The molecule has 0 spiro atoms. The number of halogens is 2. The largest absolute Gasteiger partial charge is 0.355 e. The van der Waals surface area contributed by atoms with Crippen LogP contribution in [0, 0.1) is 17.0 Å². The Morgan fingerprint density at radius 1 is 1.19 bits per heavy atom. The monoisotopic (exact) mass is 322 g/mol. The van der Waals surface area contributed by atoms with Crippen molar-refractivity contribution in [1.82, 2.24) is 5.16 Å². The summed E-state index contributed by atoms with van der Waals surface area (Å²) in [6.07, 6.45) is 0. The van der Waals surface area contributed by atoms with Crippen LogP contribution in [0.15, 0.2) is 34.9 Å².